The molecular formula is C23H15FN2O4S2. The molecule has 0 bridgehead atoms. The molecule has 1 fully saturated rings. The highest BCUT2D eigenvalue weighted by atomic mass is 32.1. The standard InChI is InChI=1S/C23H15FN2O4S2/c1-30-14-5-2-4-12(10-14)20(27)18-19(16-6-3-9-31-16)26(22(29)21(18)28)23-25-15-8-7-13(24)11-17(15)32-23/h2-11,19,27H,1H3/b20-18+. The molecule has 2 aromatic carbocycles. The van der Waals surface area contributed by atoms with Crippen LogP contribution in [0.5, 0.6) is 5.75 Å². The van der Waals surface area contributed by atoms with Gasteiger partial charge in [-0.2, -0.15) is 0 Å². The van der Waals surface area contributed by atoms with Gasteiger partial charge in [-0.15, -0.1) is 11.3 Å². The van der Waals surface area contributed by atoms with E-state index in [-0.39, 0.29) is 16.5 Å². The number of carbonyl (C=O) groups is 2. The van der Waals surface area contributed by atoms with Gasteiger partial charge in [-0.25, -0.2) is 9.37 Å². The topological polar surface area (TPSA) is 79.7 Å². The molecule has 1 N–H and O–H groups in total. The second-order valence-corrected chi connectivity index (χ2v) is 9.01. The molecular weight excluding hydrogens is 451 g/mol. The Balaban J connectivity index is 1.71. The number of fused-ring (bicyclic) bond motifs is 1. The quantitative estimate of drug-likeness (QED) is 0.256. The number of anilines is 1. The van der Waals surface area contributed by atoms with Gasteiger partial charge in [0.15, 0.2) is 5.13 Å². The minimum absolute atomic E-state index is 0.0314. The number of rotatable bonds is 4. The van der Waals surface area contributed by atoms with Crippen LogP contribution in [0.2, 0.25) is 0 Å². The predicted octanol–water partition coefficient (Wildman–Crippen LogP) is 5.13. The van der Waals surface area contributed by atoms with Crippen molar-refractivity contribution in [2.24, 2.45) is 0 Å². The van der Waals surface area contributed by atoms with Gasteiger partial charge >= 0.3 is 5.91 Å². The second kappa shape index (κ2) is 7.85. The van der Waals surface area contributed by atoms with Gasteiger partial charge in [-0.3, -0.25) is 14.5 Å². The summed E-state index contributed by atoms with van der Waals surface area (Å²) in [6.45, 7) is 0. The summed E-state index contributed by atoms with van der Waals surface area (Å²) in [4.78, 5) is 32.7. The number of amides is 1. The molecule has 160 valence electrons. The monoisotopic (exact) mass is 466 g/mol. The van der Waals surface area contributed by atoms with Gasteiger partial charge < -0.3 is 9.84 Å². The van der Waals surface area contributed by atoms with E-state index in [2.05, 4.69) is 4.98 Å². The Morgan fingerprint density at radius 3 is 2.75 bits per heavy atom. The number of thiophene rings is 1. The Hall–Kier alpha value is -3.56. The summed E-state index contributed by atoms with van der Waals surface area (Å²) in [6.07, 6.45) is 0. The Morgan fingerprint density at radius 1 is 1.16 bits per heavy atom. The Morgan fingerprint density at radius 2 is 2.00 bits per heavy atom. The van der Waals surface area contributed by atoms with Gasteiger partial charge in [0.2, 0.25) is 0 Å². The number of hydrogen-bond donors (Lipinski definition) is 1. The van der Waals surface area contributed by atoms with Crippen molar-refractivity contribution in [3.63, 3.8) is 0 Å². The van der Waals surface area contributed by atoms with Crippen LogP contribution < -0.4 is 9.64 Å². The van der Waals surface area contributed by atoms with E-state index in [0.29, 0.717) is 26.4 Å². The van der Waals surface area contributed by atoms with Gasteiger partial charge in [0.25, 0.3) is 5.78 Å². The highest BCUT2D eigenvalue weighted by Gasteiger charge is 2.48. The molecule has 9 heteroatoms. The van der Waals surface area contributed by atoms with Crippen molar-refractivity contribution in [3.8, 4) is 5.75 Å². The van der Waals surface area contributed by atoms with E-state index >= 15 is 0 Å². The molecule has 6 nitrogen and oxygen atoms in total. The number of thiazole rings is 1. The fourth-order valence-electron chi connectivity index (χ4n) is 3.66. The third-order valence-corrected chi connectivity index (χ3v) is 7.09. The smallest absolute Gasteiger partial charge is 0.301 e. The van der Waals surface area contributed by atoms with Crippen LogP contribution in [-0.4, -0.2) is 28.9 Å². The van der Waals surface area contributed by atoms with Crippen LogP contribution in [0.1, 0.15) is 16.5 Å². The van der Waals surface area contributed by atoms with Crippen LogP contribution >= 0.6 is 22.7 Å². The lowest BCUT2D eigenvalue weighted by molar-refractivity contribution is -0.132. The Labute approximate surface area is 189 Å². The predicted molar refractivity (Wildman–Crippen MR) is 122 cm³/mol. The minimum Gasteiger partial charge on any atom is -0.507 e. The van der Waals surface area contributed by atoms with E-state index in [1.165, 1.54) is 41.5 Å². The van der Waals surface area contributed by atoms with E-state index in [1.54, 1.807) is 36.4 Å². The molecule has 0 aliphatic carbocycles. The number of ketones is 1. The number of carbonyl (C=O) groups excluding carboxylic acids is 2. The van der Waals surface area contributed by atoms with Crippen LogP contribution in [-0.2, 0) is 9.59 Å². The van der Waals surface area contributed by atoms with Gasteiger partial charge in [0, 0.05) is 10.4 Å². The normalized spacial score (nSPS) is 17.9. The first kappa shape index (κ1) is 20.3. The lowest BCUT2D eigenvalue weighted by Gasteiger charge is -2.21. The molecule has 1 saturated heterocycles. The minimum atomic E-state index is -0.855. The number of aliphatic hydroxyl groups is 1. The first-order valence-corrected chi connectivity index (χ1v) is 11.2. The zero-order chi connectivity index (χ0) is 22.4. The van der Waals surface area contributed by atoms with E-state index in [4.69, 9.17) is 4.74 Å². The first-order valence-electron chi connectivity index (χ1n) is 9.53. The highest BCUT2D eigenvalue weighted by molar-refractivity contribution is 7.22. The summed E-state index contributed by atoms with van der Waals surface area (Å²) < 4.78 is 19.4. The lowest BCUT2D eigenvalue weighted by Crippen LogP contribution is -2.28. The molecule has 1 amide bonds. The first-order chi connectivity index (χ1) is 15.5. The summed E-state index contributed by atoms with van der Waals surface area (Å²) in [5, 5.41) is 13.2. The molecule has 0 radical (unpaired) electrons. The maximum absolute atomic E-state index is 13.7. The fourth-order valence-corrected chi connectivity index (χ4v) is 5.50. The van der Waals surface area contributed by atoms with Crippen LogP contribution in [0.3, 0.4) is 0 Å². The third kappa shape index (κ3) is 3.26. The van der Waals surface area contributed by atoms with E-state index in [9.17, 15) is 19.1 Å². The molecule has 4 aromatic rings. The van der Waals surface area contributed by atoms with Crippen LogP contribution in [0.15, 0.2) is 65.6 Å². The summed E-state index contributed by atoms with van der Waals surface area (Å²) in [5.74, 6) is -1.82. The number of halogens is 1. The molecule has 0 saturated carbocycles. The number of ether oxygens (including phenoxy) is 1. The van der Waals surface area contributed by atoms with Crippen molar-refractivity contribution in [2.45, 2.75) is 6.04 Å². The molecule has 1 aliphatic rings. The van der Waals surface area contributed by atoms with Crippen molar-refractivity contribution < 1.29 is 23.8 Å². The second-order valence-electron chi connectivity index (χ2n) is 7.02. The summed E-state index contributed by atoms with van der Waals surface area (Å²) >= 11 is 2.47. The Bertz CT molecular complexity index is 1390. The zero-order valence-electron chi connectivity index (χ0n) is 16.6. The Kier molecular flexibility index (Phi) is 4.99. The van der Waals surface area contributed by atoms with Crippen molar-refractivity contribution in [1.29, 1.82) is 0 Å². The molecule has 1 aliphatic heterocycles. The zero-order valence-corrected chi connectivity index (χ0v) is 18.2. The third-order valence-electron chi connectivity index (χ3n) is 5.15. The molecule has 32 heavy (non-hydrogen) atoms. The molecule has 3 heterocycles. The van der Waals surface area contributed by atoms with Gasteiger partial charge in [0.1, 0.15) is 23.4 Å². The molecule has 1 atom stereocenters. The number of hydrogen-bond acceptors (Lipinski definition) is 7. The lowest BCUT2D eigenvalue weighted by atomic mass is 10.00. The largest absolute Gasteiger partial charge is 0.507 e. The average Bonchev–Trinajstić information content (AvgIpc) is 3.52. The van der Waals surface area contributed by atoms with Gasteiger partial charge in [-0.1, -0.05) is 29.5 Å². The summed E-state index contributed by atoms with van der Waals surface area (Å²) in [7, 11) is 1.50. The number of aliphatic hydroxyl groups excluding tert-OH is 1. The van der Waals surface area contributed by atoms with Gasteiger partial charge in [-0.05, 0) is 41.8 Å². The van der Waals surface area contributed by atoms with Crippen LogP contribution in [0, 0.1) is 5.82 Å². The van der Waals surface area contributed by atoms with E-state index < -0.39 is 23.5 Å². The maximum Gasteiger partial charge on any atom is 0.301 e. The van der Waals surface area contributed by atoms with Crippen LogP contribution in [0.4, 0.5) is 9.52 Å². The SMILES string of the molecule is COc1cccc(/C(O)=C2\C(=O)C(=O)N(c3nc4ccc(F)cc4s3)C2c2cccs2)c1. The van der Waals surface area contributed by atoms with Gasteiger partial charge in [0.05, 0.1) is 22.9 Å². The van der Waals surface area contributed by atoms with Crippen molar-refractivity contribution in [3.05, 3.63) is 81.8 Å². The molecule has 0 spiro atoms. The molecule has 2 aromatic heterocycles. The summed E-state index contributed by atoms with van der Waals surface area (Å²) in [6, 6.07) is 13.5. The highest BCUT2D eigenvalue weighted by Crippen LogP contribution is 2.45. The number of benzene rings is 2. The molecule has 1 unspecified atom stereocenters. The number of methoxy groups -OCH3 is 1. The fraction of sp³-hybridized carbons (Fsp3) is 0.0870. The number of aromatic nitrogens is 1. The summed E-state index contributed by atoms with van der Waals surface area (Å²) in [5.41, 5.74) is 0.845. The van der Waals surface area contributed by atoms with E-state index in [1.807, 2.05) is 5.38 Å². The average molecular weight is 467 g/mol. The number of nitrogens with zero attached hydrogens (tertiary/aromatic N) is 2. The van der Waals surface area contributed by atoms with Crippen molar-refractivity contribution in [2.75, 3.05) is 12.0 Å². The van der Waals surface area contributed by atoms with Crippen molar-refractivity contribution in [1.82, 2.24) is 4.98 Å². The number of Topliss-reactive ketones (excluding diaryl/α,β-unsaturated/α-hetero) is 1. The molecule has 5 rings (SSSR count). The van der Waals surface area contributed by atoms with E-state index in [0.717, 1.165) is 11.3 Å². The maximum atomic E-state index is 13.7. The van der Waals surface area contributed by atoms with Crippen molar-refractivity contribution >= 4 is 55.5 Å². The van der Waals surface area contributed by atoms with Crippen LogP contribution in [0.25, 0.3) is 16.0 Å².